The van der Waals surface area contributed by atoms with E-state index < -0.39 is 10.0 Å². The van der Waals surface area contributed by atoms with Gasteiger partial charge in [0.1, 0.15) is 0 Å². The first kappa shape index (κ1) is 17.3. The Morgan fingerprint density at radius 3 is 2.04 bits per heavy atom. The number of nitrogens with zero attached hydrogens (tertiary/aromatic N) is 1. The summed E-state index contributed by atoms with van der Waals surface area (Å²) in [5.74, 6) is -0.534. The molecular formula is C18H18N2O4S. The van der Waals surface area contributed by atoms with Crippen LogP contribution in [0.1, 0.15) is 31.4 Å². The van der Waals surface area contributed by atoms with Gasteiger partial charge in [-0.05, 0) is 36.8 Å². The Hall–Kier alpha value is -2.51. The van der Waals surface area contributed by atoms with Gasteiger partial charge in [-0.2, -0.15) is 0 Å². The normalized spacial score (nSPS) is 16.3. The molecule has 6 nitrogen and oxygen atoms in total. The van der Waals surface area contributed by atoms with Gasteiger partial charge in [-0.3, -0.25) is 14.5 Å². The summed E-state index contributed by atoms with van der Waals surface area (Å²) in [4.78, 5) is 24.7. The molecule has 0 aliphatic carbocycles. The van der Waals surface area contributed by atoms with Gasteiger partial charge in [-0.1, -0.05) is 30.3 Å². The first-order valence-electron chi connectivity index (χ1n) is 7.91. The molecule has 2 aromatic carbocycles. The van der Waals surface area contributed by atoms with Crippen LogP contribution in [-0.2, 0) is 19.6 Å². The number of imide groups is 1. The van der Waals surface area contributed by atoms with Crippen molar-refractivity contribution < 1.29 is 18.0 Å². The third-order valence-electron chi connectivity index (χ3n) is 4.09. The van der Waals surface area contributed by atoms with Gasteiger partial charge in [-0.25, -0.2) is 13.1 Å². The molecule has 1 fully saturated rings. The third-order valence-corrected chi connectivity index (χ3v) is 5.64. The Labute approximate surface area is 146 Å². The molecule has 0 spiro atoms. The Morgan fingerprint density at radius 2 is 1.48 bits per heavy atom. The molecule has 0 aromatic heterocycles. The van der Waals surface area contributed by atoms with Gasteiger partial charge in [0.2, 0.25) is 21.8 Å². The van der Waals surface area contributed by atoms with E-state index in [9.17, 15) is 18.0 Å². The molecule has 130 valence electrons. The highest BCUT2D eigenvalue weighted by Crippen LogP contribution is 2.24. The topological polar surface area (TPSA) is 83.6 Å². The van der Waals surface area contributed by atoms with Crippen LogP contribution >= 0.6 is 0 Å². The van der Waals surface area contributed by atoms with Gasteiger partial charge in [0.15, 0.2) is 0 Å². The lowest BCUT2D eigenvalue weighted by Gasteiger charge is -2.16. The lowest BCUT2D eigenvalue weighted by atomic mass is 10.1. The fourth-order valence-corrected chi connectivity index (χ4v) is 3.98. The van der Waals surface area contributed by atoms with E-state index in [0.29, 0.717) is 5.69 Å². The van der Waals surface area contributed by atoms with Gasteiger partial charge < -0.3 is 0 Å². The van der Waals surface area contributed by atoms with E-state index in [4.69, 9.17) is 0 Å². The molecule has 3 rings (SSSR count). The number of benzene rings is 2. The molecule has 0 radical (unpaired) electrons. The van der Waals surface area contributed by atoms with Gasteiger partial charge in [0.05, 0.1) is 10.6 Å². The predicted octanol–water partition coefficient (Wildman–Crippen LogP) is 2.38. The number of nitrogens with one attached hydrogen (secondary N) is 1. The van der Waals surface area contributed by atoms with Crippen molar-refractivity contribution in [3.05, 3.63) is 60.2 Å². The summed E-state index contributed by atoms with van der Waals surface area (Å²) in [6.07, 6.45) is 0.379. The summed E-state index contributed by atoms with van der Waals surface area (Å²) in [5, 5.41) is 0. The van der Waals surface area contributed by atoms with E-state index >= 15 is 0 Å². The zero-order chi connectivity index (χ0) is 18.0. The largest absolute Gasteiger partial charge is 0.274 e. The maximum atomic E-state index is 12.5. The van der Waals surface area contributed by atoms with Crippen molar-refractivity contribution in [3.63, 3.8) is 0 Å². The average Bonchev–Trinajstić information content (AvgIpc) is 2.94. The molecule has 1 aliphatic heterocycles. The van der Waals surface area contributed by atoms with Gasteiger partial charge >= 0.3 is 0 Å². The minimum absolute atomic E-state index is 0.0816. The van der Waals surface area contributed by atoms with Crippen molar-refractivity contribution in [1.82, 2.24) is 4.72 Å². The van der Waals surface area contributed by atoms with Crippen molar-refractivity contribution in [2.45, 2.75) is 30.7 Å². The standard InChI is InChI=1S/C18H18N2O4S/c1-13(14-5-3-2-4-6-14)19-25(23,24)16-9-7-15(8-10-16)20-17(21)11-12-18(20)22/h2-10,13,19H,11-12H2,1H3/t13-/m1/s1. The van der Waals surface area contributed by atoms with E-state index in [1.165, 1.54) is 24.3 Å². The minimum Gasteiger partial charge on any atom is -0.274 e. The van der Waals surface area contributed by atoms with Gasteiger partial charge in [0, 0.05) is 18.9 Å². The average molecular weight is 358 g/mol. The van der Waals surface area contributed by atoms with Crippen LogP contribution in [0.2, 0.25) is 0 Å². The van der Waals surface area contributed by atoms with Crippen LogP contribution < -0.4 is 9.62 Å². The monoisotopic (exact) mass is 358 g/mol. The SMILES string of the molecule is C[C@@H](NS(=O)(=O)c1ccc(N2C(=O)CCC2=O)cc1)c1ccccc1. The second-order valence-electron chi connectivity index (χ2n) is 5.87. The molecule has 0 bridgehead atoms. The molecule has 25 heavy (non-hydrogen) atoms. The lowest BCUT2D eigenvalue weighted by molar-refractivity contribution is -0.121. The molecule has 1 saturated heterocycles. The Morgan fingerprint density at radius 1 is 0.920 bits per heavy atom. The Bertz CT molecular complexity index is 876. The van der Waals surface area contributed by atoms with E-state index in [2.05, 4.69) is 4.72 Å². The summed E-state index contributed by atoms with van der Waals surface area (Å²) in [6.45, 7) is 1.77. The molecule has 1 N–H and O–H groups in total. The number of carbonyl (C=O) groups excluding carboxylic acids is 2. The maximum absolute atomic E-state index is 12.5. The zero-order valence-electron chi connectivity index (χ0n) is 13.7. The van der Waals surface area contributed by atoms with Crippen molar-refractivity contribution >= 4 is 27.5 Å². The number of anilines is 1. The van der Waals surface area contributed by atoms with Gasteiger partial charge in [-0.15, -0.1) is 0 Å². The molecule has 1 aliphatic rings. The lowest BCUT2D eigenvalue weighted by Crippen LogP contribution is -2.29. The molecule has 1 atom stereocenters. The Balaban J connectivity index is 1.79. The fraction of sp³-hybridized carbons (Fsp3) is 0.222. The van der Waals surface area contributed by atoms with Crippen LogP contribution in [0.15, 0.2) is 59.5 Å². The van der Waals surface area contributed by atoms with Gasteiger partial charge in [0.25, 0.3) is 0 Å². The maximum Gasteiger partial charge on any atom is 0.241 e. The van der Waals surface area contributed by atoms with Crippen LogP contribution in [0.4, 0.5) is 5.69 Å². The first-order chi connectivity index (χ1) is 11.9. The summed E-state index contributed by atoms with van der Waals surface area (Å²) < 4.78 is 27.7. The predicted molar refractivity (Wildman–Crippen MR) is 93.3 cm³/mol. The molecule has 0 saturated carbocycles. The smallest absolute Gasteiger partial charge is 0.241 e. The molecule has 7 heteroatoms. The van der Waals surface area contributed by atoms with E-state index in [1.807, 2.05) is 30.3 Å². The van der Waals surface area contributed by atoms with E-state index in [-0.39, 0.29) is 35.6 Å². The number of hydrogen-bond acceptors (Lipinski definition) is 4. The highest BCUT2D eigenvalue weighted by Gasteiger charge is 2.30. The zero-order valence-corrected chi connectivity index (χ0v) is 14.5. The van der Waals surface area contributed by atoms with Crippen LogP contribution in [0.25, 0.3) is 0 Å². The number of carbonyl (C=O) groups is 2. The number of amides is 2. The van der Waals surface area contributed by atoms with E-state index in [1.54, 1.807) is 6.92 Å². The third kappa shape index (κ3) is 3.62. The minimum atomic E-state index is -3.71. The number of rotatable bonds is 5. The van der Waals surface area contributed by atoms with Crippen molar-refractivity contribution in [3.8, 4) is 0 Å². The highest BCUT2D eigenvalue weighted by molar-refractivity contribution is 7.89. The molecule has 2 amide bonds. The molecule has 2 aromatic rings. The van der Waals surface area contributed by atoms with E-state index in [0.717, 1.165) is 10.5 Å². The summed E-state index contributed by atoms with van der Waals surface area (Å²) >= 11 is 0. The summed E-state index contributed by atoms with van der Waals surface area (Å²) in [6, 6.07) is 14.6. The number of sulfonamides is 1. The Kier molecular flexibility index (Phi) is 4.69. The second kappa shape index (κ2) is 6.78. The number of hydrogen-bond donors (Lipinski definition) is 1. The van der Waals surface area contributed by atoms with Crippen molar-refractivity contribution in [2.24, 2.45) is 0 Å². The highest BCUT2D eigenvalue weighted by atomic mass is 32.2. The van der Waals surface area contributed by atoms with Crippen LogP contribution in [0, 0.1) is 0 Å². The summed E-state index contributed by atoms with van der Waals surface area (Å²) in [5.41, 5.74) is 1.25. The van der Waals surface area contributed by atoms with Crippen LogP contribution in [0.5, 0.6) is 0 Å². The molecular weight excluding hydrogens is 340 g/mol. The van der Waals surface area contributed by atoms with Crippen molar-refractivity contribution in [2.75, 3.05) is 4.90 Å². The summed E-state index contributed by atoms with van der Waals surface area (Å²) in [7, 11) is -3.71. The fourth-order valence-electron chi connectivity index (χ4n) is 2.75. The quantitative estimate of drug-likeness (QED) is 0.832. The van der Waals surface area contributed by atoms with Crippen LogP contribution in [0.3, 0.4) is 0 Å². The molecule has 1 heterocycles. The molecule has 0 unspecified atom stereocenters. The second-order valence-corrected chi connectivity index (χ2v) is 7.58. The first-order valence-corrected chi connectivity index (χ1v) is 9.40. The van der Waals surface area contributed by atoms with Crippen molar-refractivity contribution in [1.29, 1.82) is 0 Å². The van der Waals surface area contributed by atoms with Crippen LogP contribution in [-0.4, -0.2) is 20.2 Å².